The van der Waals surface area contributed by atoms with Gasteiger partial charge in [-0.1, -0.05) is 11.2 Å². The van der Waals surface area contributed by atoms with E-state index in [9.17, 15) is 0 Å². The Hall–Kier alpha value is -2.30. The maximum atomic E-state index is 5.60. The van der Waals surface area contributed by atoms with Crippen molar-refractivity contribution in [2.24, 2.45) is 0 Å². The van der Waals surface area contributed by atoms with E-state index >= 15 is 0 Å². The van der Waals surface area contributed by atoms with E-state index in [4.69, 9.17) is 9.26 Å². The van der Waals surface area contributed by atoms with Gasteiger partial charge in [0.15, 0.2) is 5.82 Å². The number of aromatic nitrogens is 3. The van der Waals surface area contributed by atoms with Gasteiger partial charge in [0.1, 0.15) is 5.75 Å². The summed E-state index contributed by atoms with van der Waals surface area (Å²) >= 11 is 0. The summed E-state index contributed by atoms with van der Waals surface area (Å²) in [4.78, 5) is 4.03. The Morgan fingerprint density at radius 2 is 2.28 bits per heavy atom. The van der Waals surface area contributed by atoms with Crippen molar-refractivity contribution in [3.63, 3.8) is 0 Å². The minimum Gasteiger partial charge on any atom is -0.493 e. The van der Waals surface area contributed by atoms with E-state index in [2.05, 4.69) is 20.8 Å². The van der Waals surface area contributed by atoms with Crippen LogP contribution in [0.15, 0.2) is 41.4 Å². The molecule has 2 heterocycles. The van der Waals surface area contributed by atoms with Crippen molar-refractivity contribution in [2.45, 2.75) is 13.5 Å². The van der Waals surface area contributed by atoms with E-state index in [1.165, 1.54) is 6.39 Å². The third-order valence-electron chi connectivity index (χ3n) is 2.79. The first-order chi connectivity index (χ1) is 8.88. The van der Waals surface area contributed by atoms with Crippen molar-refractivity contribution in [3.05, 3.63) is 42.7 Å². The lowest BCUT2D eigenvalue weighted by Crippen LogP contribution is -1.99. The van der Waals surface area contributed by atoms with Crippen LogP contribution >= 0.6 is 0 Å². The zero-order valence-electron chi connectivity index (χ0n) is 10.0. The molecule has 0 radical (unpaired) electrons. The van der Waals surface area contributed by atoms with Gasteiger partial charge in [-0.2, -0.15) is 4.98 Å². The highest BCUT2D eigenvalue weighted by atomic mass is 16.5. The second kappa shape index (κ2) is 4.52. The van der Waals surface area contributed by atoms with Gasteiger partial charge >= 0.3 is 0 Å². The fraction of sp³-hybridized carbons (Fsp3) is 0.231. The second-order valence-electron chi connectivity index (χ2n) is 3.91. The number of ether oxygens (including phenoxy) is 1. The molecule has 2 aromatic heterocycles. The van der Waals surface area contributed by atoms with E-state index in [-0.39, 0.29) is 0 Å². The van der Waals surface area contributed by atoms with Crippen LogP contribution in [0.4, 0.5) is 0 Å². The highest BCUT2D eigenvalue weighted by Gasteiger charge is 2.08. The van der Waals surface area contributed by atoms with E-state index in [1.807, 2.05) is 31.3 Å². The molecule has 3 rings (SSSR count). The summed E-state index contributed by atoms with van der Waals surface area (Å²) in [5.41, 5.74) is 1.10. The summed E-state index contributed by atoms with van der Waals surface area (Å²) in [6.45, 7) is 3.24. The molecule has 0 spiro atoms. The highest BCUT2D eigenvalue weighted by Crippen LogP contribution is 2.26. The molecule has 92 valence electrons. The zero-order valence-corrected chi connectivity index (χ0v) is 10.0. The normalized spacial score (nSPS) is 10.9. The number of rotatable bonds is 4. The smallest absolute Gasteiger partial charge is 0.213 e. The third kappa shape index (κ3) is 1.84. The van der Waals surface area contributed by atoms with Gasteiger partial charge in [0, 0.05) is 11.6 Å². The molecule has 18 heavy (non-hydrogen) atoms. The predicted octanol–water partition coefficient (Wildman–Crippen LogP) is 2.47. The minimum absolute atomic E-state index is 0.593. The molecule has 3 aromatic rings. The van der Waals surface area contributed by atoms with Gasteiger partial charge in [-0.15, -0.1) is 0 Å². The molecule has 0 amide bonds. The first-order valence-corrected chi connectivity index (χ1v) is 5.84. The molecule has 0 N–H and O–H groups in total. The Bertz CT molecular complexity index is 643. The molecule has 0 aliphatic rings. The van der Waals surface area contributed by atoms with Crippen LogP contribution in [0.3, 0.4) is 0 Å². The van der Waals surface area contributed by atoms with Crippen molar-refractivity contribution in [1.29, 1.82) is 0 Å². The Balaban J connectivity index is 2.01. The van der Waals surface area contributed by atoms with Crippen LogP contribution in [0.25, 0.3) is 10.9 Å². The number of fused-ring (bicyclic) bond motifs is 1. The lowest BCUT2D eigenvalue weighted by Gasteiger charge is -2.06. The molecule has 5 nitrogen and oxygen atoms in total. The van der Waals surface area contributed by atoms with E-state index < -0.39 is 0 Å². The Morgan fingerprint density at radius 3 is 3.06 bits per heavy atom. The van der Waals surface area contributed by atoms with Crippen LogP contribution < -0.4 is 4.74 Å². The Kier molecular flexibility index (Phi) is 2.72. The van der Waals surface area contributed by atoms with Crippen LogP contribution in [-0.2, 0) is 6.54 Å². The number of nitrogens with zero attached hydrogens (tertiary/aromatic N) is 3. The SMILES string of the molecule is CCOc1cccc2c1ccn2Cc1ncon1. The maximum absolute atomic E-state index is 5.60. The van der Waals surface area contributed by atoms with Crippen LogP contribution in [-0.4, -0.2) is 21.3 Å². The van der Waals surface area contributed by atoms with Crippen LogP contribution in [0.2, 0.25) is 0 Å². The fourth-order valence-electron chi connectivity index (χ4n) is 2.03. The first-order valence-electron chi connectivity index (χ1n) is 5.84. The molecule has 0 aliphatic heterocycles. The molecule has 0 fully saturated rings. The summed E-state index contributed by atoms with van der Waals surface area (Å²) in [7, 11) is 0. The monoisotopic (exact) mass is 243 g/mol. The molecule has 0 saturated carbocycles. The van der Waals surface area contributed by atoms with Crippen molar-refractivity contribution >= 4 is 10.9 Å². The number of hydrogen-bond donors (Lipinski definition) is 0. The van der Waals surface area contributed by atoms with Gasteiger partial charge in [0.05, 0.1) is 18.7 Å². The molecular weight excluding hydrogens is 230 g/mol. The molecule has 0 aliphatic carbocycles. The van der Waals surface area contributed by atoms with E-state index in [0.717, 1.165) is 16.7 Å². The van der Waals surface area contributed by atoms with Gasteiger partial charge in [0.25, 0.3) is 0 Å². The summed E-state index contributed by atoms with van der Waals surface area (Å²) in [6, 6.07) is 8.06. The van der Waals surface area contributed by atoms with Crippen LogP contribution in [0.5, 0.6) is 5.75 Å². The quantitative estimate of drug-likeness (QED) is 0.706. The van der Waals surface area contributed by atoms with Crippen molar-refractivity contribution in [3.8, 4) is 5.75 Å². The van der Waals surface area contributed by atoms with Crippen molar-refractivity contribution in [2.75, 3.05) is 6.61 Å². The average molecular weight is 243 g/mol. The zero-order chi connectivity index (χ0) is 12.4. The van der Waals surface area contributed by atoms with Gasteiger partial charge < -0.3 is 13.8 Å². The van der Waals surface area contributed by atoms with E-state index in [1.54, 1.807) is 0 Å². The highest BCUT2D eigenvalue weighted by molar-refractivity contribution is 5.86. The standard InChI is InChI=1S/C13H13N3O2/c1-2-17-12-5-3-4-11-10(12)6-7-16(11)8-13-14-9-18-15-13/h3-7,9H,2,8H2,1H3. The second-order valence-corrected chi connectivity index (χ2v) is 3.91. The number of hydrogen-bond acceptors (Lipinski definition) is 4. The fourth-order valence-corrected chi connectivity index (χ4v) is 2.03. The van der Waals surface area contributed by atoms with Gasteiger partial charge in [-0.3, -0.25) is 0 Å². The van der Waals surface area contributed by atoms with Gasteiger partial charge in [-0.05, 0) is 25.1 Å². The molecule has 0 bridgehead atoms. The molecule has 0 saturated heterocycles. The number of benzene rings is 1. The summed E-state index contributed by atoms with van der Waals surface area (Å²) in [6.07, 6.45) is 3.34. The minimum atomic E-state index is 0.593. The lowest BCUT2D eigenvalue weighted by molar-refractivity contribution is 0.344. The third-order valence-corrected chi connectivity index (χ3v) is 2.79. The summed E-state index contributed by atoms with van der Waals surface area (Å²) in [5, 5.41) is 4.92. The molecule has 0 unspecified atom stereocenters. The average Bonchev–Trinajstić information content (AvgIpc) is 3.01. The molecular formula is C13H13N3O2. The predicted molar refractivity (Wildman–Crippen MR) is 66.5 cm³/mol. The van der Waals surface area contributed by atoms with Crippen molar-refractivity contribution < 1.29 is 9.26 Å². The molecule has 1 aromatic carbocycles. The van der Waals surface area contributed by atoms with Crippen molar-refractivity contribution in [1.82, 2.24) is 14.7 Å². The Labute approximate surface area is 104 Å². The topological polar surface area (TPSA) is 53.1 Å². The maximum Gasteiger partial charge on any atom is 0.213 e. The summed E-state index contributed by atoms with van der Waals surface area (Å²) in [5.74, 6) is 1.57. The van der Waals surface area contributed by atoms with Gasteiger partial charge in [0.2, 0.25) is 6.39 Å². The van der Waals surface area contributed by atoms with Crippen LogP contribution in [0.1, 0.15) is 12.7 Å². The summed E-state index contributed by atoms with van der Waals surface area (Å²) < 4.78 is 12.4. The Morgan fingerprint density at radius 1 is 1.33 bits per heavy atom. The van der Waals surface area contributed by atoms with E-state index in [0.29, 0.717) is 19.0 Å². The largest absolute Gasteiger partial charge is 0.493 e. The van der Waals surface area contributed by atoms with Gasteiger partial charge in [-0.25, -0.2) is 0 Å². The molecule has 0 atom stereocenters. The van der Waals surface area contributed by atoms with Crippen LogP contribution in [0, 0.1) is 0 Å². The lowest BCUT2D eigenvalue weighted by atomic mass is 10.2. The molecule has 5 heteroatoms. The first kappa shape index (κ1) is 10.8.